The van der Waals surface area contributed by atoms with Gasteiger partial charge in [0.05, 0.1) is 7.11 Å². The molecule has 1 saturated carbocycles. The molecule has 0 spiro atoms. The Morgan fingerprint density at radius 1 is 1.42 bits per heavy atom. The molecule has 3 nitrogen and oxygen atoms in total. The highest BCUT2D eigenvalue weighted by Crippen LogP contribution is 2.41. The summed E-state index contributed by atoms with van der Waals surface area (Å²) in [5, 5.41) is 11.3. The zero-order chi connectivity index (χ0) is 8.72. The fourth-order valence-electron chi connectivity index (χ4n) is 2.59. The quantitative estimate of drug-likeness (QED) is 0.471. The molecule has 1 N–H and O–H groups in total. The summed E-state index contributed by atoms with van der Waals surface area (Å²) >= 11 is 0. The molecular weight excluding hydrogens is 154 g/mol. The first-order valence-electron chi connectivity index (χ1n) is 4.50. The fraction of sp³-hybridized carbons (Fsp3) is 0.778. The maximum absolute atomic E-state index is 11.4. The minimum atomic E-state index is -0.0284. The number of fused-ring (bicyclic) bond motifs is 2. The molecular formula is C9H15NO2. The number of rotatable bonds is 2. The molecule has 2 bridgehead atoms. The molecule has 1 fully saturated rings. The Kier molecular flexibility index (Phi) is 1.94. The summed E-state index contributed by atoms with van der Waals surface area (Å²) in [6, 6.07) is 0.130. The third-order valence-corrected chi connectivity index (χ3v) is 3.33. The van der Waals surface area contributed by atoms with E-state index in [9.17, 15) is 5.21 Å². The van der Waals surface area contributed by atoms with Crippen molar-refractivity contribution in [2.45, 2.75) is 19.4 Å². The fourth-order valence-corrected chi connectivity index (χ4v) is 2.59. The van der Waals surface area contributed by atoms with E-state index in [1.165, 1.54) is 7.11 Å². The van der Waals surface area contributed by atoms with Crippen molar-refractivity contribution in [3.63, 3.8) is 0 Å². The minimum absolute atomic E-state index is 0.0284. The van der Waals surface area contributed by atoms with Gasteiger partial charge in [-0.15, -0.1) is 0 Å². The van der Waals surface area contributed by atoms with Crippen LogP contribution in [0.3, 0.4) is 0 Å². The van der Waals surface area contributed by atoms with Crippen LogP contribution < -0.4 is 5.23 Å². The number of allylic oxidation sites excluding steroid dienone is 1. The van der Waals surface area contributed by atoms with Crippen LogP contribution in [0.1, 0.15) is 13.3 Å². The van der Waals surface area contributed by atoms with Crippen LogP contribution in [-0.2, 0) is 4.84 Å². The molecule has 12 heavy (non-hydrogen) atoms. The molecule has 5 atom stereocenters. The molecule has 68 valence electrons. The van der Waals surface area contributed by atoms with E-state index >= 15 is 0 Å². The topological polar surface area (TPSA) is 36.7 Å². The van der Waals surface area contributed by atoms with Crippen LogP contribution in [0.5, 0.6) is 0 Å². The summed E-state index contributed by atoms with van der Waals surface area (Å²) in [5.41, 5.74) is 0. The van der Waals surface area contributed by atoms with E-state index in [1.807, 2.05) is 0 Å². The molecule has 0 amide bonds. The summed E-state index contributed by atoms with van der Waals surface area (Å²) in [6.45, 7) is 2.15. The molecule has 0 aromatic heterocycles. The predicted molar refractivity (Wildman–Crippen MR) is 45.0 cm³/mol. The summed E-state index contributed by atoms with van der Waals surface area (Å²) < 4.78 is 0. The summed E-state index contributed by atoms with van der Waals surface area (Å²) in [6.07, 6.45) is 5.57. The Balaban J connectivity index is 2.12. The predicted octanol–water partition coefficient (Wildman–Crippen LogP) is 0.141. The average molecular weight is 169 g/mol. The molecule has 0 aromatic rings. The van der Waals surface area contributed by atoms with Gasteiger partial charge < -0.3 is 5.21 Å². The van der Waals surface area contributed by atoms with Gasteiger partial charge in [0.25, 0.3) is 0 Å². The Hall–Kier alpha value is -0.380. The van der Waals surface area contributed by atoms with E-state index in [-0.39, 0.29) is 11.3 Å². The van der Waals surface area contributed by atoms with Crippen LogP contribution >= 0.6 is 0 Å². The maximum atomic E-state index is 11.4. The van der Waals surface area contributed by atoms with Gasteiger partial charge in [-0.2, -0.15) is 0 Å². The lowest BCUT2D eigenvalue weighted by atomic mass is 9.91. The molecule has 2 rings (SSSR count). The van der Waals surface area contributed by atoms with Crippen LogP contribution in [0.25, 0.3) is 0 Å². The lowest BCUT2D eigenvalue weighted by Crippen LogP contribution is -3.11. The number of hydrogen-bond acceptors (Lipinski definition) is 2. The Labute approximate surface area is 72.5 Å². The van der Waals surface area contributed by atoms with Gasteiger partial charge in [-0.25, -0.2) is 10.1 Å². The lowest BCUT2D eigenvalue weighted by Gasteiger charge is -2.32. The van der Waals surface area contributed by atoms with E-state index < -0.39 is 0 Å². The number of nitrogens with one attached hydrogen (secondary N) is 1. The van der Waals surface area contributed by atoms with Gasteiger partial charge in [-0.1, -0.05) is 19.1 Å². The van der Waals surface area contributed by atoms with E-state index in [4.69, 9.17) is 4.84 Å². The van der Waals surface area contributed by atoms with E-state index in [2.05, 4.69) is 19.1 Å². The van der Waals surface area contributed by atoms with Crippen LogP contribution in [0.15, 0.2) is 12.2 Å². The van der Waals surface area contributed by atoms with Crippen LogP contribution in [0, 0.1) is 23.0 Å². The first-order chi connectivity index (χ1) is 5.74. The second kappa shape index (κ2) is 2.83. The van der Waals surface area contributed by atoms with Crippen molar-refractivity contribution in [2.24, 2.45) is 17.8 Å². The average Bonchev–Trinajstić information content (AvgIpc) is 2.63. The van der Waals surface area contributed by atoms with Crippen molar-refractivity contribution in [3.05, 3.63) is 17.4 Å². The number of hydroxylamine groups is 2. The molecule has 0 aromatic carbocycles. The molecule has 0 radical (unpaired) electrons. The van der Waals surface area contributed by atoms with Crippen LogP contribution in [0.2, 0.25) is 0 Å². The monoisotopic (exact) mass is 169 g/mol. The molecule has 0 aliphatic heterocycles. The highest BCUT2D eigenvalue weighted by atomic mass is 16.9. The Morgan fingerprint density at radius 3 is 2.58 bits per heavy atom. The van der Waals surface area contributed by atoms with Gasteiger partial charge in [0.1, 0.15) is 6.04 Å². The third-order valence-electron chi connectivity index (χ3n) is 3.33. The number of quaternary nitrogens is 1. The van der Waals surface area contributed by atoms with Gasteiger partial charge in [0.15, 0.2) is 0 Å². The highest BCUT2D eigenvalue weighted by molar-refractivity contribution is 5.13. The number of hydrogen-bond donors (Lipinski definition) is 1. The summed E-state index contributed by atoms with van der Waals surface area (Å²) in [4.78, 5) is 4.78. The molecule has 2 aliphatic carbocycles. The third kappa shape index (κ3) is 1.01. The first kappa shape index (κ1) is 8.23. The van der Waals surface area contributed by atoms with Crippen molar-refractivity contribution < 1.29 is 10.1 Å². The van der Waals surface area contributed by atoms with Crippen LogP contribution in [0.4, 0.5) is 0 Å². The van der Waals surface area contributed by atoms with Crippen molar-refractivity contribution in [1.82, 2.24) is 0 Å². The Morgan fingerprint density at radius 2 is 2.08 bits per heavy atom. The smallest absolute Gasteiger partial charge is 0.126 e. The zero-order valence-electron chi connectivity index (χ0n) is 7.49. The van der Waals surface area contributed by atoms with Gasteiger partial charge in [0.2, 0.25) is 0 Å². The minimum Gasteiger partial charge on any atom is -0.600 e. The summed E-state index contributed by atoms with van der Waals surface area (Å²) in [7, 11) is 1.48. The Bertz CT molecular complexity index is 205. The van der Waals surface area contributed by atoms with Crippen molar-refractivity contribution in [3.8, 4) is 0 Å². The van der Waals surface area contributed by atoms with Gasteiger partial charge in [-0.05, 0) is 12.3 Å². The first-order valence-corrected chi connectivity index (χ1v) is 4.50. The normalized spacial score (nSPS) is 46.9. The molecule has 2 aliphatic rings. The van der Waals surface area contributed by atoms with E-state index in [0.29, 0.717) is 17.8 Å². The molecule has 5 unspecified atom stereocenters. The molecule has 0 saturated heterocycles. The van der Waals surface area contributed by atoms with Crippen molar-refractivity contribution in [2.75, 3.05) is 7.11 Å². The molecule has 3 heteroatoms. The summed E-state index contributed by atoms with van der Waals surface area (Å²) in [5.74, 6) is 1.56. The van der Waals surface area contributed by atoms with Crippen LogP contribution in [-0.4, -0.2) is 13.2 Å². The van der Waals surface area contributed by atoms with Gasteiger partial charge in [-0.3, -0.25) is 0 Å². The lowest BCUT2D eigenvalue weighted by molar-refractivity contribution is -1.07. The van der Waals surface area contributed by atoms with E-state index in [1.54, 1.807) is 0 Å². The largest absolute Gasteiger partial charge is 0.600 e. The maximum Gasteiger partial charge on any atom is 0.126 e. The zero-order valence-corrected chi connectivity index (χ0v) is 7.49. The SMILES string of the molecule is CO[NH+]([O-])C1C2C=CC(C2)C1C. The van der Waals surface area contributed by atoms with Gasteiger partial charge >= 0.3 is 0 Å². The second-order valence-corrected chi connectivity index (χ2v) is 3.86. The highest BCUT2D eigenvalue weighted by Gasteiger charge is 2.46. The van der Waals surface area contributed by atoms with Crippen molar-refractivity contribution in [1.29, 1.82) is 0 Å². The second-order valence-electron chi connectivity index (χ2n) is 3.86. The van der Waals surface area contributed by atoms with Crippen molar-refractivity contribution >= 4 is 0 Å². The van der Waals surface area contributed by atoms with E-state index in [0.717, 1.165) is 6.42 Å². The molecule has 0 heterocycles. The standard InChI is InChI=1S/C9H15NO2/c1-6-7-3-4-8(5-7)9(6)10(11)12-2/h3-4,6-10H,5H2,1-2H3. The van der Waals surface area contributed by atoms with Gasteiger partial charge in [0, 0.05) is 11.8 Å².